The molecule has 0 aliphatic carbocycles. The second-order valence-electron chi connectivity index (χ2n) is 8.83. The summed E-state index contributed by atoms with van der Waals surface area (Å²) in [6.07, 6.45) is 0. The SMILES string of the molecule is CCOc1ccc(C2NNC3c4cc5c(cc4N(Cc4ccccc4)CC23)OCCO5)cc1. The third-order valence-electron chi connectivity index (χ3n) is 6.82. The lowest BCUT2D eigenvalue weighted by atomic mass is 9.81. The number of hydrogen-bond donors (Lipinski definition) is 2. The van der Waals surface area contributed by atoms with Crippen molar-refractivity contribution in [1.29, 1.82) is 0 Å². The fourth-order valence-electron chi connectivity index (χ4n) is 5.30. The fourth-order valence-corrected chi connectivity index (χ4v) is 5.30. The molecule has 0 saturated carbocycles. The van der Waals surface area contributed by atoms with Gasteiger partial charge in [0, 0.05) is 30.8 Å². The Balaban J connectivity index is 1.36. The van der Waals surface area contributed by atoms with Gasteiger partial charge in [-0.05, 0) is 41.8 Å². The van der Waals surface area contributed by atoms with Crippen LogP contribution in [0.25, 0.3) is 0 Å². The van der Waals surface area contributed by atoms with Crippen LogP contribution < -0.4 is 30.0 Å². The Hall–Kier alpha value is -3.22. The van der Waals surface area contributed by atoms with Crippen LogP contribution in [0.3, 0.4) is 0 Å². The molecule has 3 aliphatic heterocycles. The Morgan fingerprint density at radius 2 is 1.64 bits per heavy atom. The number of fused-ring (bicyclic) bond motifs is 4. The maximum atomic E-state index is 5.93. The average molecular weight is 444 g/mol. The van der Waals surface area contributed by atoms with E-state index < -0.39 is 0 Å². The van der Waals surface area contributed by atoms with Gasteiger partial charge in [0.05, 0.1) is 18.7 Å². The molecule has 3 atom stereocenters. The molecule has 3 unspecified atom stereocenters. The second-order valence-corrected chi connectivity index (χ2v) is 8.83. The smallest absolute Gasteiger partial charge is 0.163 e. The summed E-state index contributed by atoms with van der Waals surface area (Å²) in [5, 5.41) is 0. The van der Waals surface area contributed by atoms with Crippen LogP contribution in [-0.4, -0.2) is 26.4 Å². The summed E-state index contributed by atoms with van der Waals surface area (Å²) in [4.78, 5) is 2.49. The summed E-state index contributed by atoms with van der Waals surface area (Å²) in [7, 11) is 0. The molecular weight excluding hydrogens is 414 g/mol. The monoisotopic (exact) mass is 443 g/mol. The van der Waals surface area contributed by atoms with Gasteiger partial charge in [0.1, 0.15) is 19.0 Å². The van der Waals surface area contributed by atoms with Crippen LogP contribution in [0, 0.1) is 5.92 Å². The maximum Gasteiger partial charge on any atom is 0.163 e. The lowest BCUT2D eigenvalue weighted by Gasteiger charge is -2.40. The lowest BCUT2D eigenvalue weighted by Crippen LogP contribution is -2.39. The number of nitrogens with one attached hydrogen (secondary N) is 2. The van der Waals surface area contributed by atoms with Crippen molar-refractivity contribution in [2.45, 2.75) is 25.6 Å². The Kier molecular flexibility index (Phi) is 5.32. The van der Waals surface area contributed by atoms with Gasteiger partial charge in [-0.15, -0.1) is 0 Å². The normalized spacial score (nSPS) is 23.1. The second kappa shape index (κ2) is 8.61. The molecule has 3 heterocycles. The fraction of sp³-hybridized carbons (Fsp3) is 0.333. The highest BCUT2D eigenvalue weighted by molar-refractivity contribution is 5.65. The molecule has 6 heteroatoms. The van der Waals surface area contributed by atoms with Gasteiger partial charge < -0.3 is 19.1 Å². The van der Waals surface area contributed by atoms with E-state index >= 15 is 0 Å². The van der Waals surface area contributed by atoms with E-state index in [9.17, 15) is 0 Å². The first-order valence-corrected chi connectivity index (χ1v) is 11.8. The van der Waals surface area contributed by atoms with Crippen LogP contribution in [-0.2, 0) is 6.54 Å². The van der Waals surface area contributed by atoms with Crippen LogP contribution in [0.4, 0.5) is 5.69 Å². The van der Waals surface area contributed by atoms with Crippen molar-refractivity contribution in [2.75, 3.05) is 31.3 Å². The van der Waals surface area contributed by atoms with E-state index in [4.69, 9.17) is 14.2 Å². The van der Waals surface area contributed by atoms with Crippen molar-refractivity contribution >= 4 is 5.69 Å². The minimum Gasteiger partial charge on any atom is -0.494 e. The van der Waals surface area contributed by atoms with Crippen LogP contribution in [0.15, 0.2) is 66.7 Å². The van der Waals surface area contributed by atoms with Gasteiger partial charge in [0.2, 0.25) is 0 Å². The molecule has 33 heavy (non-hydrogen) atoms. The van der Waals surface area contributed by atoms with Crippen molar-refractivity contribution in [3.8, 4) is 17.2 Å². The summed E-state index contributed by atoms with van der Waals surface area (Å²) < 4.78 is 17.5. The first kappa shape index (κ1) is 20.4. The Morgan fingerprint density at radius 3 is 2.39 bits per heavy atom. The van der Waals surface area contributed by atoms with Gasteiger partial charge in [-0.1, -0.05) is 42.5 Å². The van der Waals surface area contributed by atoms with E-state index in [2.05, 4.69) is 82.5 Å². The summed E-state index contributed by atoms with van der Waals surface area (Å²) in [5.41, 5.74) is 12.2. The standard InChI is InChI=1S/C27H29N3O3/c1-2-31-20-10-8-19(9-11-20)26-22-17-30(16-18-6-4-3-5-7-18)23-15-25-24(32-12-13-33-25)14-21(23)27(22)29-28-26/h3-11,14-15,22,26-29H,2,12-13,16-17H2,1H3. The topological polar surface area (TPSA) is 55.0 Å². The van der Waals surface area contributed by atoms with Crippen molar-refractivity contribution in [1.82, 2.24) is 10.9 Å². The molecule has 3 aromatic carbocycles. The lowest BCUT2D eigenvalue weighted by molar-refractivity contribution is 0.171. The first-order valence-electron chi connectivity index (χ1n) is 11.8. The summed E-state index contributed by atoms with van der Waals surface area (Å²) in [5.74, 6) is 2.95. The van der Waals surface area contributed by atoms with Crippen LogP contribution in [0.1, 0.15) is 35.7 Å². The van der Waals surface area contributed by atoms with Crippen LogP contribution in [0.5, 0.6) is 17.2 Å². The Labute approximate surface area is 194 Å². The van der Waals surface area contributed by atoms with Gasteiger partial charge in [0.25, 0.3) is 0 Å². The third-order valence-corrected chi connectivity index (χ3v) is 6.82. The number of anilines is 1. The minimum absolute atomic E-state index is 0.194. The number of nitrogens with zero attached hydrogens (tertiary/aromatic N) is 1. The summed E-state index contributed by atoms with van der Waals surface area (Å²) in [6, 6.07) is 23.9. The van der Waals surface area contributed by atoms with Gasteiger partial charge in [0.15, 0.2) is 11.5 Å². The molecule has 3 aromatic rings. The predicted octanol–water partition coefficient (Wildman–Crippen LogP) is 4.38. The Morgan fingerprint density at radius 1 is 0.909 bits per heavy atom. The zero-order valence-corrected chi connectivity index (χ0v) is 18.8. The van der Waals surface area contributed by atoms with E-state index in [1.54, 1.807) is 0 Å². The molecule has 1 fully saturated rings. The van der Waals surface area contributed by atoms with E-state index in [-0.39, 0.29) is 12.1 Å². The van der Waals surface area contributed by atoms with Crippen LogP contribution in [0.2, 0.25) is 0 Å². The van der Waals surface area contributed by atoms with Crippen LogP contribution >= 0.6 is 0 Å². The maximum absolute atomic E-state index is 5.93. The zero-order chi connectivity index (χ0) is 22.2. The summed E-state index contributed by atoms with van der Waals surface area (Å²) in [6.45, 7) is 5.66. The minimum atomic E-state index is 0.194. The molecule has 0 amide bonds. The van der Waals surface area contributed by atoms with Gasteiger partial charge in [-0.25, -0.2) is 10.9 Å². The quantitative estimate of drug-likeness (QED) is 0.610. The van der Waals surface area contributed by atoms with Crippen molar-refractivity contribution in [2.24, 2.45) is 5.92 Å². The molecule has 1 saturated heterocycles. The van der Waals surface area contributed by atoms with Gasteiger partial charge in [-0.2, -0.15) is 0 Å². The molecule has 6 nitrogen and oxygen atoms in total. The van der Waals surface area contributed by atoms with Crippen molar-refractivity contribution in [3.05, 3.63) is 83.4 Å². The van der Waals surface area contributed by atoms with Crippen molar-refractivity contribution in [3.63, 3.8) is 0 Å². The summed E-state index contributed by atoms with van der Waals surface area (Å²) >= 11 is 0. The van der Waals surface area contributed by atoms with Gasteiger partial charge >= 0.3 is 0 Å². The van der Waals surface area contributed by atoms with E-state index in [1.807, 2.05) is 6.92 Å². The molecule has 2 N–H and O–H groups in total. The Bertz CT molecular complexity index is 1120. The van der Waals surface area contributed by atoms with E-state index in [1.165, 1.54) is 22.4 Å². The zero-order valence-electron chi connectivity index (χ0n) is 18.8. The number of benzene rings is 3. The molecule has 170 valence electrons. The van der Waals surface area contributed by atoms with Crippen molar-refractivity contribution < 1.29 is 14.2 Å². The first-order chi connectivity index (χ1) is 16.3. The molecule has 0 aromatic heterocycles. The van der Waals surface area contributed by atoms with E-state index in [0.29, 0.717) is 25.7 Å². The average Bonchev–Trinajstić information content (AvgIpc) is 3.28. The predicted molar refractivity (Wildman–Crippen MR) is 128 cm³/mol. The molecule has 3 aliphatic rings. The highest BCUT2D eigenvalue weighted by atomic mass is 16.6. The third kappa shape index (κ3) is 3.79. The number of ether oxygens (including phenoxy) is 3. The van der Waals surface area contributed by atoms with E-state index in [0.717, 1.165) is 30.3 Å². The molecule has 0 bridgehead atoms. The number of hydrazine groups is 1. The number of rotatable bonds is 5. The molecule has 0 radical (unpaired) electrons. The molecular formula is C27H29N3O3. The highest BCUT2D eigenvalue weighted by Crippen LogP contribution is 2.49. The number of hydrogen-bond acceptors (Lipinski definition) is 6. The largest absolute Gasteiger partial charge is 0.494 e. The highest BCUT2D eigenvalue weighted by Gasteiger charge is 2.44. The molecule has 6 rings (SSSR count). The molecule has 0 spiro atoms. The van der Waals surface area contributed by atoms with Gasteiger partial charge in [-0.3, -0.25) is 0 Å².